The van der Waals surface area contributed by atoms with Gasteiger partial charge in [0.2, 0.25) is 5.95 Å². The average Bonchev–Trinajstić information content (AvgIpc) is 2.73. The number of ether oxygens (including phenoxy) is 1. The Balaban J connectivity index is 1.49. The first-order valence-electron chi connectivity index (χ1n) is 8.61. The largest absolute Gasteiger partial charge is 0.496 e. The first-order chi connectivity index (χ1) is 13.3. The molecule has 2 aromatic heterocycles. The number of pyridine rings is 1. The monoisotopic (exact) mass is 363 g/mol. The van der Waals surface area contributed by atoms with Crippen molar-refractivity contribution < 1.29 is 9.53 Å². The molecular formula is C20H21N5O2. The molecule has 0 saturated heterocycles. The van der Waals surface area contributed by atoms with Crippen LogP contribution < -0.4 is 15.4 Å². The molecule has 0 atom stereocenters. The van der Waals surface area contributed by atoms with Crippen molar-refractivity contribution in [3.05, 3.63) is 77.9 Å². The molecular weight excluding hydrogens is 342 g/mol. The van der Waals surface area contributed by atoms with Gasteiger partial charge in [0.1, 0.15) is 5.75 Å². The van der Waals surface area contributed by atoms with E-state index in [4.69, 9.17) is 4.74 Å². The Hall–Kier alpha value is -3.48. The SMILES string of the molecule is COc1ccccc1CCNc1ncc(C(=O)NCc2ccncc2)cn1. The predicted octanol–water partition coefficient (Wildman–Crippen LogP) is 2.46. The fraction of sp³-hybridized carbons (Fsp3) is 0.200. The Bertz CT molecular complexity index is 869. The molecule has 3 aromatic rings. The quantitative estimate of drug-likeness (QED) is 0.639. The molecule has 3 rings (SSSR count). The molecule has 0 aliphatic rings. The number of amides is 1. The number of nitrogens with zero attached hydrogens (tertiary/aromatic N) is 3. The van der Waals surface area contributed by atoms with E-state index in [1.807, 2.05) is 36.4 Å². The van der Waals surface area contributed by atoms with Crippen LogP contribution in [0.1, 0.15) is 21.5 Å². The number of anilines is 1. The van der Waals surface area contributed by atoms with Gasteiger partial charge in [-0.3, -0.25) is 9.78 Å². The molecule has 0 radical (unpaired) electrons. The summed E-state index contributed by atoms with van der Waals surface area (Å²) < 4.78 is 5.34. The first kappa shape index (κ1) is 18.3. The lowest BCUT2D eigenvalue weighted by atomic mass is 10.1. The van der Waals surface area contributed by atoms with Gasteiger partial charge in [0.25, 0.3) is 5.91 Å². The number of aromatic nitrogens is 3. The Kier molecular flexibility index (Phi) is 6.30. The number of carbonyl (C=O) groups excluding carboxylic acids is 1. The smallest absolute Gasteiger partial charge is 0.254 e. The summed E-state index contributed by atoms with van der Waals surface area (Å²) in [6.45, 7) is 1.09. The van der Waals surface area contributed by atoms with Crippen LogP contribution in [-0.2, 0) is 13.0 Å². The van der Waals surface area contributed by atoms with Crippen molar-refractivity contribution in [3.8, 4) is 5.75 Å². The zero-order valence-electron chi connectivity index (χ0n) is 15.1. The molecule has 1 amide bonds. The minimum Gasteiger partial charge on any atom is -0.496 e. The number of para-hydroxylation sites is 1. The van der Waals surface area contributed by atoms with E-state index in [0.717, 1.165) is 23.3 Å². The van der Waals surface area contributed by atoms with Crippen LogP contribution in [0.5, 0.6) is 5.75 Å². The molecule has 27 heavy (non-hydrogen) atoms. The highest BCUT2D eigenvalue weighted by molar-refractivity contribution is 5.93. The zero-order chi connectivity index (χ0) is 18.9. The standard InChI is InChI=1S/C20H21N5O2/c1-27-18-5-3-2-4-16(18)8-11-22-20-24-13-17(14-25-20)19(26)23-12-15-6-9-21-10-7-15/h2-7,9-10,13-14H,8,11-12H2,1H3,(H,23,26)(H,22,24,25). The van der Waals surface area contributed by atoms with Crippen LogP contribution >= 0.6 is 0 Å². The van der Waals surface area contributed by atoms with E-state index < -0.39 is 0 Å². The number of methoxy groups -OCH3 is 1. The predicted molar refractivity (Wildman–Crippen MR) is 103 cm³/mol. The first-order valence-corrected chi connectivity index (χ1v) is 8.61. The lowest BCUT2D eigenvalue weighted by Gasteiger charge is -2.09. The van der Waals surface area contributed by atoms with Gasteiger partial charge in [-0.05, 0) is 35.7 Å². The van der Waals surface area contributed by atoms with Gasteiger partial charge in [0.05, 0.1) is 12.7 Å². The van der Waals surface area contributed by atoms with Crippen molar-refractivity contribution in [2.24, 2.45) is 0 Å². The zero-order valence-corrected chi connectivity index (χ0v) is 15.1. The van der Waals surface area contributed by atoms with Gasteiger partial charge in [-0.1, -0.05) is 18.2 Å². The Morgan fingerprint density at radius 3 is 2.56 bits per heavy atom. The van der Waals surface area contributed by atoms with E-state index >= 15 is 0 Å². The van der Waals surface area contributed by atoms with Crippen LogP contribution in [0.3, 0.4) is 0 Å². The second kappa shape index (κ2) is 9.28. The molecule has 7 nitrogen and oxygen atoms in total. The lowest BCUT2D eigenvalue weighted by Crippen LogP contribution is -2.23. The highest BCUT2D eigenvalue weighted by Gasteiger charge is 2.07. The lowest BCUT2D eigenvalue weighted by molar-refractivity contribution is 0.0950. The number of rotatable bonds is 8. The molecule has 0 unspecified atom stereocenters. The van der Waals surface area contributed by atoms with E-state index in [0.29, 0.717) is 24.6 Å². The Morgan fingerprint density at radius 1 is 1.07 bits per heavy atom. The third-order valence-electron chi connectivity index (χ3n) is 3.99. The number of hydrogen-bond acceptors (Lipinski definition) is 6. The summed E-state index contributed by atoms with van der Waals surface area (Å²) in [4.78, 5) is 24.5. The van der Waals surface area contributed by atoms with E-state index in [1.165, 1.54) is 12.4 Å². The van der Waals surface area contributed by atoms with Crippen LogP contribution in [0.15, 0.2) is 61.2 Å². The maximum absolute atomic E-state index is 12.2. The minimum absolute atomic E-state index is 0.215. The second-order valence-corrected chi connectivity index (χ2v) is 5.82. The van der Waals surface area contributed by atoms with Crippen LogP contribution in [0.25, 0.3) is 0 Å². The fourth-order valence-corrected chi connectivity index (χ4v) is 2.54. The second-order valence-electron chi connectivity index (χ2n) is 5.82. The molecule has 138 valence electrons. The number of nitrogens with one attached hydrogen (secondary N) is 2. The van der Waals surface area contributed by atoms with Crippen LogP contribution in [-0.4, -0.2) is 34.5 Å². The van der Waals surface area contributed by atoms with Crippen LogP contribution in [0.2, 0.25) is 0 Å². The molecule has 0 spiro atoms. The van der Waals surface area contributed by atoms with Crippen molar-refractivity contribution in [2.75, 3.05) is 19.0 Å². The Morgan fingerprint density at radius 2 is 1.81 bits per heavy atom. The summed E-state index contributed by atoms with van der Waals surface area (Å²) in [6.07, 6.45) is 7.19. The van der Waals surface area contributed by atoms with Gasteiger partial charge >= 0.3 is 0 Å². The van der Waals surface area contributed by atoms with E-state index in [9.17, 15) is 4.79 Å². The average molecular weight is 363 g/mol. The molecule has 0 aliphatic carbocycles. The number of hydrogen-bond donors (Lipinski definition) is 2. The molecule has 1 aromatic carbocycles. The van der Waals surface area contributed by atoms with Crippen molar-refractivity contribution in [2.45, 2.75) is 13.0 Å². The maximum Gasteiger partial charge on any atom is 0.254 e. The molecule has 7 heteroatoms. The molecule has 0 fully saturated rings. The molecule has 0 bridgehead atoms. The maximum atomic E-state index is 12.2. The van der Waals surface area contributed by atoms with Crippen molar-refractivity contribution >= 4 is 11.9 Å². The van der Waals surface area contributed by atoms with Crippen molar-refractivity contribution in [1.29, 1.82) is 0 Å². The summed E-state index contributed by atoms with van der Waals surface area (Å²) >= 11 is 0. The molecule has 0 saturated carbocycles. The van der Waals surface area contributed by atoms with E-state index in [1.54, 1.807) is 19.5 Å². The van der Waals surface area contributed by atoms with Gasteiger partial charge in [-0.15, -0.1) is 0 Å². The number of benzene rings is 1. The minimum atomic E-state index is -0.215. The molecule has 2 N–H and O–H groups in total. The Labute approximate surface area is 157 Å². The highest BCUT2D eigenvalue weighted by Crippen LogP contribution is 2.17. The van der Waals surface area contributed by atoms with Gasteiger partial charge in [0.15, 0.2) is 0 Å². The van der Waals surface area contributed by atoms with Crippen molar-refractivity contribution in [1.82, 2.24) is 20.3 Å². The van der Waals surface area contributed by atoms with E-state index in [-0.39, 0.29) is 5.91 Å². The van der Waals surface area contributed by atoms with Crippen LogP contribution in [0, 0.1) is 0 Å². The number of carbonyl (C=O) groups is 1. The third kappa shape index (κ3) is 5.24. The summed E-state index contributed by atoms with van der Waals surface area (Å²) in [5, 5.41) is 5.98. The summed E-state index contributed by atoms with van der Waals surface area (Å²) in [7, 11) is 1.66. The summed E-state index contributed by atoms with van der Waals surface area (Å²) in [5.74, 6) is 1.13. The summed E-state index contributed by atoms with van der Waals surface area (Å²) in [6, 6.07) is 11.6. The van der Waals surface area contributed by atoms with Gasteiger partial charge < -0.3 is 15.4 Å². The van der Waals surface area contributed by atoms with E-state index in [2.05, 4.69) is 25.6 Å². The highest BCUT2D eigenvalue weighted by atomic mass is 16.5. The fourth-order valence-electron chi connectivity index (χ4n) is 2.54. The van der Waals surface area contributed by atoms with Crippen molar-refractivity contribution in [3.63, 3.8) is 0 Å². The summed E-state index contributed by atoms with van der Waals surface area (Å²) in [5.41, 5.74) is 2.51. The van der Waals surface area contributed by atoms with Crippen LogP contribution in [0.4, 0.5) is 5.95 Å². The van der Waals surface area contributed by atoms with Gasteiger partial charge in [-0.25, -0.2) is 9.97 Å². The third-order valence-corrected chi connectivity index (χ3v) is 3.99. The van der Waals surface area contributed by atoms with Gasteiger partial charge in [-0.2, -0.15) is 0 Å². The molecule has 0 aliphatic heterocycles. The normalized spacial score (nSPS) is 10.3. The van der Waals surface area contributed by atoms with Gasteiger partial charge in [0, 0.05) is 37.9 Å². The topological polar surface area (TPSA) is 89.0 Å². The molecule has 2 heterocycles.